The van der Waals surface area contributed by atoms with Crippen molar-refractivity contribution < 1.29 is 9.50 Å². The minimum atomic E-state index is -0.903. The molecule has 2 aromatic carbocycles. The van der Waals surface area contributed by atoms with Crippen LogP contribution in [0.5, 0.6) is 0 Å². The van der Waals surface area contributed by atoms with Crippen molar-refractivity contribution in [1.29, 1.82) is 0 Å². The van der Waals surface area contributed by atoms with Gasteiger partial charge >= 0.3 is 0 Å². The molecule has 3 aromatic rings. The number of nitrogens with zero attached hydrogens (tertiary/aromatic N) is 1. The Hall–Kier alpha value is -2.24. The fourth-order valence-electron chi connectivity index (χ4n) is 2.20. The Bertz CT molecular complexity index is 824. The van der Waals surface area contributed by atoms with Crippen molar-refractivity contribution in [1.82, 2.24) is 4.98 Å². The molecule has 3 rings (SSSR count). The van der Waals surface area contributed by atoms with Crippen molar-refractivity contribution in [2.24, 2.45) is 0 Å². The highest BCUT2D eigenvalue weighted by Crippen LogP contribution is 2.30. The second kappa shape index (κ2) is 6.10. The van der Waals surface area contributed by atoms with Gasteiger partial charge in [0, 0.05) is 10.9 Å². The summed E-state index contributed by atoms with van der Waals surface area (Å²) in [4.78, 5) is 4.50. The van der Waals surface area contributed by atoms with Crippen LogP contribution in [0.25, 0.3) is 11.3 Å². The maximum atomic E-state index is 13.7. The first-order valence-corrected chi connectivity index (χ1v) is 8.12. The molecule has 5 heteroatoms. The van der Waals surface area contributed by atoms with E-state index in [1.165, 1.54) is 17.4 Å². The topological polar surface area (TPSA) is 45.1 Å². The molecule has 0 saturated carbocycles. The maximum absolute atomic E-state index is 13.7. The predicted octanol–water partition coefficient (Wildman–Crippen LogP) is 4.92. The summed E-state index contributed by atoms with van der Waals surface area (Å²) in [5, 5.41) is 15.6. The zero-order valence-electron chi connectivity index (χ0n) is 12.9. The Morgan fingerprint density at radius 3 is 2.65 bits per heavy atom. The molecular weight excluding hydrogens is 311 g/mol. The lowest BCUT2D eigenvalue weighted by atomic mass is 9.96. The summed E-state index contributed by atoms with van der Waals surface area (Å²) in [6.07, 6.45) is 0. The molecule has 0 unspecified atom stereocenters. The third kappa shape index (κ3) is 3.57. The molecule has 0 fully saturated rings. The lowest BCUT2D eigenvalue weighted by molar-refractivity contribution is 0.0786. The molecule has 0 aliphatic rings. The number of benzene rings is 2. The molecule has 23 heavy (non-hydrogen) atoms. The highest BCUT2D eigenvalue weighted by atomic mass is 32.1. The predicted molar refractivity (Wildman–Crippen MR) is 92.5 cm³/mol. The first-order chi connectivity index (χ1) is 10.9. The normalized spacial score (nSPS) is 11.5. The number of hydrogen-bond donors (Lipinski definition) is 2. The second-order valence-electron chi connectivity index (χ2n) is 5.78. The smallest absolute Gasteiger partial charge is 0.187 e. The first kappa shape index (κ1) is 15.6. The maximum Gasteiger partial charge on any atom is 0.187 e. The Morgan fingerprint density at radius 1 is 1.13 bits per heavy atom. The minimum Gasteiger partial charge on any atom is -0.386 e. The van der Waals surface area contributed by atoms with E-state index in [1.54, 1.807) is 32.0 Å². The van der Waals surface area contributed by atoms with Gasteiger partial charge in [-0.3, -0.25) is 0 Å². The van der Waals surface area contributed by atoms with Crippen LogP contribution in [0.2, 0.25) is 0 Å². The van der Waals surface area contributed by atoms with Gasteiger partial charge in [-0.2, -0.15) is 0 Å². The molecule has 3 nitrogen and oxygen atoms in total. The van der Waals surface area contributed by atoms with E-state index >= 15 is 0 Å². The summed E-state index contributed by atoms with van der Waals surface area (Å²) in [5.74, 6) is -0.312. The average molecular weight is 328 g/mol. The van der Waals surface area contributed by atoms with E-state index in [1.807, 2.05) is 29.6 Å². The van der Waals surface area contributed by atoms with Crippen molar-refractivity contribution in [3.05, 3.63) is 65.3 Å². The van der Waals surface area contributed by atoms with Gasteiger partial charge in [0.15, 0.2) is 5.13 Å². The number of hydrogen-bond acceptors (Lipinski definition) is 4. The van der Waals surface area contributed by atoms with Crippen LogP contribution in [-0.4, -0.2) is 10.1 Å². The molecule has 0 aliphatic heterocycles. The monoisotopic (exact) mass is 328 g/mol. The largest absolute Gasteiger partial charge is 0.386 e. The molecular formula is C18H17FN2OS. The van der Waals surface area contributed by atoms with Crippen LogP contribution in [0.1, 0.15) is 19.4 Å². The Labute approximate surface area is 138 Å². The Balaban J connectivity index is 1.86. The lowest BCUT2D eigenvalue weighted by Crippen LogP contribution is -2.15. The van der Waals surface area contributed by atoms with Crippen LogP contribution in [0.15, 0.2) is 53.9 Å². The Kier molecular flexibility index (Phi) is 4.15. The van der Waals surface area contributed by atoms with Gasteiger partial charge in [-0.1, -0.05) is 30.3 Å². The molecule has 0 atom stereocenters. The summed E-state index contributed by atoms with van der Waals surface area (Å²) >= 11 is 1.41. The quantitative estimate of drug-likeness (QED) is 0.714. The van der Waals surface area contributed by atoms with Gasteiger partial charge in [0.05, 0.1) is 17.0 Å². The number of thiazole rings is 1. The van der Waals surface area contributed by atoms with Gasteiger partial charge in [0.2, 0.25) is 0 Å². The summed E-state index contributed by atoms with van der Waals surface area (Å²) in [6.45, 7) is 3.50. The minimum absolute atomic E-state index is 0.312. The van der Waals surface area contributed by atoms with E-state index in [2.05, 4.69) is 10.3 Å². The number of aromatic nitrogens is 1. The molecule has 0 bridgehead atoms. The number of halogens is 1. The third-order valence-corrected chi connectivity index (χ3v) is 4.24. The zero-order chi connectivity index (χ0) is 16.4. The molecule has 0 aliphatic carbocycles. The van der Waals surface area contributed by atoms with Crippen LogP contribution < -0.4 is 5.32 Å². The average Bonchev–Trinajstić information content (AvgIpc) is 2.98. The highest BCUT2D eigenvalue weighted by molar-refractivity contribution is 7.14. The fourth-order valence-corrected chi connectivity index (χ4v) is 2.93. The molecule has 118 valence electrons. The standard InChI is InChI=1S/C18H17FN2OS/c1-18(2,22)13-7-5-6-12(10-13)16-11-23-17(21-16)20-15-9-4-3-8-14(15)19/h3-11,22H,1-2H3,(H,20,21). The summed E-state index contributed by atoms with van der Waals surface area (Å²) in [5.41, 5.74) is 2.04. The highest BCUT2D eigenvalue weighted by Gasteiger charge is 2.16. The van der Waals surface area contributed by atoms with E-state index in [0.717, 1.165) is 16.8 Å². The summed E-state index contributed by atoms with van der Waals surface area (Å²) in [6, 6.07) is 14.1. The fraction of sp³-hybridized carbons (Fsp3) is 0.167. The molecule has 0 spiro atoms. The van der Waals surface area contributed by atoms with Gasteiger partial charge < -0.3 is 10.4 Å². The molecule has 2 N–H and O–H groups in total. The summed E-state index contributed by atoms with van der Waals surface area (Å²) in [7, 11) is 0. The van der Waals surface area contributed by atoms with Crippen molar-refractivity contribution in [2.45, 2.75) is 19.4 Å². The van der Waals surface area contributed by atoms with Crippen LogP contribution in [0.4, 0.5) is 15.2 Å². The van der Waals surface area contributed by atoms with Gasteiger partial charge in [-0.05, 0) is 37.6 Å². The van der Waals surface area contributed by atoms with E-state index in [0.29, 0.717) is 10.8 Å². The molecule has 1 aromatic heterocycles. The zero-order valence-corrected chi connectivity index (χ0v) is 13.7. The number of para-hydroxylation sites is 1. The number of anilines is 2. The number of rotatable bonds is 4. The second-order valence-corrected chi connectivity index (χ2v) is 6.64. The van der Waals surface area contributed by atoms with E-state index in [-0.39, 0.29) is 5.82 Å². The van der Waals surface area contributed by atoms with E-state index in [4.69, 9.17) is 0 Å². The number of aliphatic hydroxyl groups is 1. The van der Waals surface area contributed by atoms with Crippen LogP contribution in [-0.2, 0) is 5.60 Å². The van der Waals surface area contributed by atoms with Gasteiger partial charge in [-0.15, -0.1) is 11.3 Å². The first-order valence-electron chi connectivity index (χ1n) is 7.24. The van der Waals surface area contributed by atoms with Gasteiger partial charge in [0.1, 0.15) is 5.82 Å². The summed E-state index contributed by atoms with van der Waals surface area (Å²) < 4.78 is 13.7. The molecule has 1 heterocycles. The Morgan fingerprint density at radius 2 is 1.91 bits per heavy atom. The van der Waals surface area contributed by atoms with Crippen LogP contribution in [0, 0.1) is 5.82 Å². The number of nitrogens with one attached hydrogen (secondary N) is 1. The third-order valence-electron chi connectivity index (χ3n) is 3.48. The SMILES string of the molecule is CC(C)(O)c1cccc(-c2csc(Nc3ccccc3F)n2)c1. The van der Waals surface area contributed by atoms with Crippen molar-refractivity contribution in [2.75, 3.05) is 5.32 Å². The van der Waals surface area contributed by atoms with Crippen LogP contribution in [0.3, 0.4) is 0 Å². The molecule has 0 amide bonds. The van der Waals surface area contributed by atoms with Crippen LogP contribution >= 0.6 is 11.3 Å². The van der Waals surface area contributed by atoms with Crippen molar-refractivity contribution in [3.8, 4) is 11.3 Å². The van der Waals surface area contributed by atoms with E-state index in [9.17, 15) is 9.50 Å². The van der Waals surface area contributed by atoms with E-state index < -0.39 is 5.60 Å². The van der Waals surface area contributed by atoms with Gasteiger partial charge in [0.25, 0.3) is 0 Å². The molecule has 0 radical (unpaired) electrons. The molecule has 0 saturated heterocycles. The lowest BCUT2D eigenvalue weighted by Gasteiger charge is -2.18. The van der Waals surface area contributed by atoms with Crippen molar-refractivity contribution in [3.63, 3.8) is 0 Å². The van der Waals surface area contributed by atoms with Crippen molar-refractivity contribution >= 4 is 22.2 Å². The van der Waals surface area contributed by atoms with Gasteiger partial charge in [-0.25, -0.2) is 9.37 Å².